The molecule has 1 spiro atoms. The normalized spacial score (nSPS) is 29.8. The molecule has 2 aliphatic rings. The van der Waals surface area contributed by atoms with Gasteiger partial charge in [0.25, 0.3) is 0 Å². The van der Waals surface area contributed by atoms with E-state index in [4.69, 9.17) is 4.74 Å². The Kier molecular flexibility index (Phi) is 6.25. The molecule has 0 aromatic rings. The molecule has 1 unspecified atom stereocenters. The molecule has 2 saturated heterocycles. The number of ether oxygens (including phenoxy) is 1. The molecule has 2 aliphatic heterocycles. The van der Waals surface area contributed by atoms with Gasteiger partial charge in [-0.05, 0) is 30.8 Å². The molecule has 0 amide bonds. The molecule has 2 heterocycles. The van der Waals surface area contributed by atoms with E-state index in [2.05, 4.69) is 0 Å². The summed E-state index contributed by atoms with van der Waals surface area (Å²) in [5.41, 5.74) is -0.439. The van der Waals surface area contributed by atoms with Crippen LogP contribution in [0.2, 0.25) is 5.82 Å². The summed E-state index contributed by atoms with van der Waals surface area (Å²) in [4.78, 5) is 0. The van der Waals surface area contributed by atoms with Crippen LogP contribution < -0.4 is 51.4 Å². The van der Waals surface area contributed by atoms with Crippen molar-refractivity contribution in [3.05, 3.63) is 0 Å². The SMILES string of the molecule is F[B-](F)(F)C1CCOC2(CCSCC2)C1.[K+]. The first-order valence-electron chi connectivity index (χ1n) is 5.44. The molecule has 0 aromatic heterocycles. The van der Waals surface area contributed by atoms with Crippen molar-refractivity contribution in [2.24, 2.45) is 0 Å². The van der Waals surface area contributed by atoms with Gasteiger partial charge in [-0.15, -0.1) is 0 Å². The minimum Gasteiger partial charge on any atom is -0.449 e. The van der Waals surface area contributed by atoms with E-state index in [1.165, 1.54) is 0 Å². The Morgan fingerprint density at radius 2 is 1.81 bits per heavy atom. The Morgan fingerprint density at radius 1 is 1.19 bits per heavy atom. The second-order valence-corrected chi connectivity index (χ2v) is 5.75. The number of hydrogen-bond donors (Lipinski definition) is 0. The van der Waals surface area contributed by atoms with Crippen molar-refractivity contribution < 1.29 is 69.1 Å². The van der Waals surface area contributed by atoms with E-state index in [1.807, 2.05) is 11.8 Å². The van der Waals surface area contributed by atoms with Gasteiger partial charge in [-0.25, -0.2) is 0 Å². The Hall–Kier alpha value is 1.80. The Bertz CT molecular complexity index is 228. The third-order valence-electron chi connectivity index (χ3n) is 3.47. The molecule has 0 bridgehead atoms. The summed E-state index contributed by atoms with van der Waals surface area (Å²) >= 11 is 1.82. The summed E-state index contributed by atoms with van der Waals surface area (Å²) < 4.78 is 43.7. The molecule has 2 fully saturated rings. The maximum absolute atomic E-state index is 12.7. The monoisotopic (exact) mass is 278 g/mol. The van der Waals surface area contributed by atoms with Crippen LogP contribution in [0.25, 0.3) is 0 Å². The Morgan fingerprint density at radius 3 is 2.38 bits per heavy atom. The topological polar surface area (TPSA) is 9.23 Å². The summed E-state index contributed by atoms with van der Waals surface area (Å²) in [5, 5.41) is 0. The predicted octanol–water partition coefficient (Wildman–Crippen LogP) is 0.284. The molecule has 0 aromatic carbocycles. The smallest absolute Gasteiger partial charge is 0.449 e. The molecule has 2 rings (SSSR count). The minimum atomic E-state index is -4.68. The fourth-order valence-electron chi connectivity index (χ4n) is 2.48. The fraction of sp³-hybridized carbons (Fsp3) is 1.00. The third kappa shape index (κ3) is 3.90. The summed E-state index contributed by atoms with van der Waals surface area (Å²) in [6.07, 6.45) is 1.95. The first kappa shape index (κ1) is 15.9. The van der Waals surface area contributed by atoms with E-state index >= 15 is 0 Å². The summed E-state index contributed by atoms with van der Waals surface area (Å²) in [7, 11) is 0. The molecule has 1 atom stereocenters. The van der Waals surface area contributed by atoms with Gasteiger partial charge in [-0.3, -0.25) is 0 Å². The summed E-state index contributed by atoms with van der Waals surface area (Å²) in [5.74, 6) is 0.802. The van der Waals surface area contributed by atoms with Crippen molar-refractivity contribution >= 4 is 18.7 Å². The van der Waals surface area contributed by atoms with Gasteiger partial charge in [0.2, 0.25) is 0 Å². The van der Waals surface area contributed by atoms with Crippen molar-refractivity contribution in [2.75, 3.05) is 18.1 Å². The van der Waals surface area contributed by atoms with E-state index in [0.29, 0.717) is 0 Å². The molecular formula is C9H15BF3KOS. The van der Waals surface area contributed by atoms with E-state index < -0.39 is 18.4 Å². The Labute approximate surface area is 141 Å². The van der Waals surface area contributed by atoms with Gasteiger partial charge in [-0.2, -0.15) is 11.8 Å². The van der Waals surface area contributed by atoms with Gasteiger partial charge in [0.05, 0.1) is 5.60 Å². The molecule has 0 N–H and O–H groups in total. The first-order valence-corrected chi connectivity index (χ1v) is 6.59. The van der Waals surface area contributed by atoms with E-state index in [1.54, 1.807) is 0 Å². The van der Waals surface area contributed by atoms with Gasteiger partial charge in [0.1, 0.15) is 0 Å². The minimum absolute atomic E-state index is 0. The number of rotatable bonds is 1. The van der Waals surface area contributed by atoms with Gasteiger partial charge < -0.3 is 17.7 Å². The molecule has 7 heteroatoms. The third-order valence-corrected chi connectivity index (χ3v) is 4.46. The standard InChI is InChI=1S/C9H15BF3OS.K/c11-10(12,13)8-1-4-14-9(7-8)2-5-15-6-3-9;/h8H,1-7H2;/q-1;+1. The molecule has 88 valence electrons. The van der Waals surface area contributed by atoms with Crippen LogP contribution >= 0.6 is 11.8 Å². The zero-order valence-electron chi connectivity index (χ0n) is 9.55. The van der Waals surface area contributed by atoms with Crippen molar-refractivity contribution in [3.63, 3.8) is 0 Å². The number of halogens is 3. The second-order valence-electron chi connectivity index (χ2n) is 4.52. The van der Waals surface area contributed by atoms with Crippen molar-refractivity contribution in [1.82, 2.24) is 0 Å². The zero-order chi connectivity index (χ0) is 10.9. The van der Waals surface area contributed by atoms with Crippen LogP contribution in [-0.4, -0.2) is 30.7 Å². The zero-order valence-corrected chi connectivity index (χ0v) is 13.5. The van der Waals surface area contributed by atoms with Gasteiger partial charge in [0, 0.05) is 6.61 Å². The fourth-order valence-corrected chi connectivity index (χ4v) is 3.72. The van der Waals surface area contributed by atoms with Crippen LogP contribution in [0.4, 0.5) is 12.9 Å². The van der Waals surface area contributed by atoms with Gasteiger partial charge >= 0.3 is 58.4 Å². The van der Waals surface area contributed by atoms with Gasteiger partial charge in [-0.1, -0.05) is 12.2 Å². The van der Waals surface area contributed by atoms with E-state index in [-0.39, 0.29) is 70.8 Å². The van der Waals surface area contributed by atoms with Crippen molar-refractivity contribution in [3.8, 4) is 0 Å². The molecular weight excluding hydrogens is 263 g/mol. The predicted molar refractivity (Wildman–Crippen MR) is 57.3 cm³/mol. The van der Waals surface area contributed by atoms with Crippen LogP contribution in [0.1, 0.15) is 25.7 Å². The van der Waals surface area contributed by atoms with Crippen LogP contribution in [0, 0.1) is 0 Å². The molecule has 16 heavy (non-hydrogen) atoms. The maximum atomic E-state index is 12.7. The molecule has 0 radical (unpaired) electrons. The molecule has 0 aliphatic carbocycles. The van der Waals surface area contributed by atoms with Crippen LogP contribution in [0.3, 0.4) is 0 Å². The summed E-state index contributed by atoms with van der Waals surface area (Å²) in [6, 6.07) is 0. The average molecular weight is 278 g/mol. The van der Waals surface area contributed by atoms with E-state index in [9.17, 15) is 12.9 Å². The maximum Gasteiger partial charge on any atom is 1.00 e. The quantitative estimate of drug-likeness (QED) is 0.637. The van der Waals surface area contributed by atoms with E-state index in [0.717, 1.165) is 24.3 Å². The van der Waals surface area contributed by atoms with Crippen LogP contribution in [-0.2, 0) is 4.74 Å². The van der Waals surface area contributed by atoms with Crippen molar-refractivity contribution in [1.29, 1.82) is 0 Å². The van der Waals surface area contributed by atoms with Crippen LogP contribution in [0.5, 0.6) is 0 Å². The number of hydrogen-bond acceptors (Lipinski definition) is 2. The molecule has 0 saturated carbocycles. The van der Waals surface area contributed by atoms with Gasteiger partial charge in [0.15, 0.2) is 0 Å². The average Bonchev–Trinajstić information content (AvgIpc) is 2.18. The number of thioether (sulfide) groups is 1. The van der Waals surface area contributed by atoms with Crippen molar-refractivity contribution in [2.45, 2.75) is 37.1 Å². The first-order chi connectivity index (χ1) is 7.02. The second kappa shape index (κ2) is 6.30. The summed E-state index contributed by atoms with van der Waals surface area (Å²) in [6.45, 7) is -4.39. The molecule has 1 nitrogen and oxygen atoms in total. The largest absolute Gasteiger partial charge is 1.00 e. The van der Waals surface area contributed by atoms with Crippen LogP contribution in [0.15, 0.2) is 0 Å². The Balaban J connectivity index is 0.00000128.